The number of anilines is 2. The minimum atomic E-state index is -0.593. The van der Waals surface area contributed by atoms with Crippen LogP contribution in [0.2, 0.25) is 0 Å². The number of thioether (sulfide) groups is 1. The van der Waals surface area contributed by atoms with E-state index in [9.17, 15) is 24.0 Å². The topological polar surface area (TPSA) is 152 Å². The van der Waals surface area contributed by atoms with Gasteiger partial charge in [-0.1, -0.05) is 24.3 Å². The van der Waals surface area contributed by atoms with E-state index in [1.165, 1.54) is 57.4 Å². The predicted molar refractivity (Wildman–Crippen MR) is 196 cm³/mol. The minimum Gasteiger partial charge on any atom is -0.497 e. The normalized spacial score (nSPS) is 12.3. The highest BCUT2D eigenvalue weighted by atomic mass is 32.2. The molecule has 14 heteroatoms. The van der Waals surface area contributed by atoms with E-state index in [0.717, 1.165) is 10.4 Å². The molecule has 0 fully saturated rings. The summed E-state index contributed by atoms with van der Waals surface area (Å²) in [6.07, 6.45) is 1.99. The second kappa shape index (κ2) is 16.9. The number of carbonyl (C=O) groups is 5. The molecule has 0 saturated carbocycles. The van der Waals surface area contributed by atoms with Gasteiger partial charge in [-0.15, -0.1) is 23.1 Å². The Labute approximate surface area is 303 Å². The first-order chi connectivity index (χ1) is 24.6. The van der Waals surface area contributed by atoms with Crippen LogP contribution in [0.3, 0.4) is 0 Å². The summed E-state index contributed by atoms with van der Waals surface area (Å²) in [6.45, 7) is 2.34. The van der Waals surface area contributed by atoms with Crippen molar-refractivity contribution in [1.29, 1.82) is 0 Å². The first-order valence-electron chi connectivity index (χ1n) is 15.7. The number of hydrogen-bond acceptors (Lipinski definition) is 10. The number of carbonyl (C=O) groups excluding carboxylic acids is 5. The molecule has 2 heterocycles. The van der Waals surface area contributed by atoms with Crippen molar-refractivity contribution >= 4 is 69.5 Å². The fourth-order valence-corrected chi connectivity index (χ4v) is 7.32. The molecule has 12 nitrogen and oxygen atoms in total. The average Bonchev–Trinajstić information content (AvgIpc) is 3.50. The molecule has 264 valence electrons. The molecule has 51 heavy (non-hydrogen) atoms. The second-order valence-corrected chi connectivity index (χ2v) is 13.3. The van der Waals surface area contributed by atoms with Crippen LogP contribution in [-0.4, -0.2) is 68.1 Å². The highest BCUT2D eigenvalue weighted by molar-refractivity contribution is 8.00. The van der Waals surface area contributed by atoms with Gasteiger partial charge in [-0.25, -0.2) is 4.79 Å². The van der Waals surface area contributed by atoms with Crippen LogP contribution < -0.4 is 25.4 Å². The van der Waals surface area contributed by atoms with Crippen molar-refractivity contribution in [2.24, 2.45) is 0 Å². The smallest absolute Gasteiger partial charge is 0.341 e. The number of benzene rings is 3. The Bertz CT molecular complexity index is 1990. The Morgan fingerprint density at radius 3 is 2.41 bits per heavy atom. The van der Waals surface area contributed by atoms with Gasteiger partial charge in [-0.3, -0.25) is 19.2 Å². The van der Waals surface area contributed by atoms with Crippen LogP contribution in [0.5, 0.6) is 11.5 Å². The number of esters is 1. The van der Waals surface area contributed by atoms with Crippen molar-refractivity contribution in [2.75, 3.05) is 44.3 Å². The van der Waals surface area contributed by atoms with Crippen molar-refractivity contribution in [3.63, 3.8) is 0 Å². The zero-order chi connectivity index (χ0) is 36.5. The Balaban J connectivity index is 1.30. The predicted octanol–water partition coefficient (Wildman–Crippen LogP) is 5.60. The number of ether oxygens (including phenoxy) is 3. The molecule has 0 unspecified atom stereocenters. The van der Waals surface area contributed by atoms with E-state index >= 15 is 0 Å². The molecule has 0 spiro atoms. The van der Waals surface area contributed by atoms with Crippen molar-refractivity contribution < 1.29 is 38.2 Å². The van der Waals surface area contributed by atoms with Gasteiger partial charge in [-0.2, -0.15) is 0 Å². The highest BCUT2D eigenvalue weighted by Crippen LogP contribution is 2.38. The fraction of sp³-hybridized carbons (Fsp3) is 0.216. The summed E-state index contributed by atoms with van der Waals surface area (Å²) < 4.78 is 15.8. The molecule has 1 aliphatic rings. The molecule has 0 radical (unpaired) electrons. The molecule has 4 aromatic rings. The maximum Gasteiger partial charge on any atom is 0.341 e. The number of nitrogens with one attached hydrogen (secondary N) is 3. The molecule has 1 aliphatic heterocycles. The maximum absolute atomic E-state index is 13.7. The lowest BCUT2D eigenvalue weighted by molar-refractivity contribution is -0.129. The Kier molecular flexibility index (Phi) is 12.1. The minimum absolute atomic E-state index is 0.00801. The quantitative estimate of drug-likeness (QED) is 0.0963. The molecule has 3 aromatic carbocycles. The summed E-state index contributed by atoms with van der Waals surface area (Å²) in [4.78, 5) is 67.7. The van der Waals surface area contributed by atoms with Crippen LogP contribution in [-0.2, 0) is 32.1 Å². The Morgan fingerprint density at radius 2 is 1.71 bits per heavy atom. The third-order valence-corrected chi connectivity index (χ3v) is 10.00. The summed E-state index contributed by atoms with van der Waals surface area (Å²) in [5.74, 6) is -1.02. The first-order valence-corrected chi connectivity index (χ1v) is 17.5. The molecule has 0 saturated heterocycles. The third kappa shape index (κ3) is 9.15. The second-order valence-electron chi connectivity index (χ2n) is 11.2. The molecular weight excluding hydrogens is 693 g/mol. The van der Waals surface area contributed by atoms with E-state index < -0.39 is 17.8 Å². The average molecular weight is 729 g/mol. The zero-order valence-electron chi connectivity index (χ0n) is 28.4. The number of rotatable bonds is 12. The molecular formula is C37H36N4O8S2. The number of methoxy groups -OCH3 is 3. The van der Waals surface area contributed by atoms with Crippen molar-refractivity contribution in [1.82, 2.24) is 10.2 Å². The van der Waals surface area contributed by atoms with Crippen molar-refractivity contribution in [3.8, 4) is 11.5 Å². The summed E-state index contributed by atoms with van der Waals surface area (Å²) in [6, 6.07) is 20.5. The standard InChI is InChI=1S/C37H36N4O8S2/c1-22(42)41-16-15-28-31(20-41)51-36(33(28)37(46)49-4)40-32(43)21-50-27-12-8-11-25(19-27)38-35(45)29(39-34(44)23-9-6-5-7-10-23)18-24-17-26(47-2)13-14-30(24)48-3/h5-14,17-19H,15-16,20-21H2,1-4H3,(H,38,45)(H,39,44)(H,40,43)/b29-18+. The van der Waals surface area contributed by atoms with Gasteiger partial charge in [0.25, 0.3) is 11.8 Å². The lowest BCUT2D eigenvalue weighted by atomic mass is 10.0. The van der Waals surface area contributed by atoms with Gasteiger partial charge in [0.15, 0.2) is 0 Å². The summed E-state index contributed by atoms with van der Waals surface area (Å²) in [5, 5.41) is 8.78. The Morgan fingerprint density at radius 1 is 0.922 bits per heavy atom. The van der Waals surface area contributed by atoms with Crippen LogP contribution >= 0.6 is 23.1 Å². The van der Waals surface area contributed by atoms with E-state index in [1.54, 1.807) is 77.7 Å². The number of nitrogens with zero attached hydrogens (tertiary/aromatic N) is 1. The molecule has 0 bridgehead atoms. The first kappa shape index (κ1) is 36.7. The summed E-state index contributed by atoms with van der Waals surface area (Å²) in [5.41, 5.74) is 2.36. The van der Waals surface area contributed by atoms with E-state index in [1.807, 2.05) is 0 Å². The monoisotopic (exact) mass is 728 g/mol. The van der Waals surface area contributed by atoms with Crippen molar-refractivity contribution in [2.45, 2.75) is 24.8 Å². The van der Waals surface area contributed by atoms with Gasteiger partial charge in [0.2, 0.25) is 11.8 Å². The molecule has 5 rings (SSSR count). The molecule has 4 amide bonds. The molecule has 0 aliphatic carbocycles. The van der Waals surface area contributed by atoms with Crippen LogP contribution in [0.25, 0.3) is 6.08 Å². The van der Waals surface area contributed by atoms with Crippen LogP contribution in [0.1, 0.15) is 43.6 Å². The number of fused-ring (bicyclic) bond motifs is 1. The van der Waals surface area contributed by atoms with Gasteiger partial charge in [0, 0.05) is 40.1 Å². The Hall–Kier alpha value is -5.60. The molecule has 1 aromatic heterocycles. The lowest BCUT2D eigenvalue weighted by Crippen LogP contribution is -2.33. The van der Waals surface area contributed by atoms with Gasteiger partial charge < -0.3 is 35.1 Å². The van der Waals surface area contributed by atoms with Crippen molar-refractivity contribution in [3.05, 3.63) is 106 Å². The number of hydrogen-bond donors (Lipinski definition) is 3. The largest absolute Gasteiger partial charge is 0.497 e. The van der Waals surface area contributed by atoms with E-state index in [2.05, 4.69) is 16.0 Å². The van der Waals surface area contributed by atoms with Gasteiger partial charge in [0.1, 0.15) is 22.2 Å². The zero-order valence-corrected chi connectivity index (χ0v) is 30.0. The SMILES string of the molecule is COC(=O)c1c(NC(=O)CSc2cccc(NC(=O)/C(=C\c3cc(OC)ccc3OC)NC(=O)c3ccccc3)c2)sc2c1CCN(C(C)=O)C2. The van der Waals surface area contributed by atoms with Crippen LogP contribution in [0, 0.1) is 0 Å². The lowest BCUT2D eigenvalue weighted by Gasteiger charge is -2.25. The van der Waals surface area contributed by atoms with E-state index in [-0.39, 0.29) is 23.3 Å². The van der Waals surface area contributed by atoms with E-state index in [0.29, 0.717) is 63.3 Å². The third-order valence-electron chi connectivity index (χ3n) is 7.87. The van der Waals surface area contributed by atoms with Gasteiger partial charge in [0.05, 0.1) is 39.2 Å². The van der Waals surface area contributed by atoms with Crippen LogP contribution in [0.15, 0.2) is 83.4 Å². The van der Waals surface area contributed by atoms with Crippen LogP contribution in [0.4, 0.5) is 10.7 Å². The maximum atomic E-state index is 13.7. The molecule has 3 N–H and O–H groups in total. The van der Waals surface area contributed by atoms with Gasteiger partial charge in [-0.05, 0) is 66.6 Å². The summed E-state index contributed by atoms with van der Waals surface area (Å²) in [7, 11) is 4.31. The number of thiophene rings is 1. The van der Waals surface area contributed by atoms with Gasteiger partial charge >= 0.3 is 5.97 Å². The van der Waals surface area contributed by atoms with E-state index in [4.69, 9.17) is 14.2 Å². The summed E-state index contributed by atoms with van der Waals surface area (Å²) >= 11 is 2.50. The number of amides is 4. The fourth-order valence-electron chi connectivity index (χ4n) is 5.30. The molecule has 0 atom stereocenters. The highest BCUT2D eigenvalue weighted by Gasteiger charge is 2.30.